The summed E-state index contributed by atoms with van der Waals surface area (Å²) >= 11 is 0. The predicted molar refractivity (Wildman–Crippen MR) is 81.4 cm³/mol. The van der Waals surface area contributed by atoms with Gasteiger partial charge in [-0.1, -0.05) is 24.3 Å². The van der Waals surface area contributed by atoms with Crippen LogP contribution in [-0.4, -0.2) is 30.6 Å². The molecule has 4 atom stereocenters. The molecule has 21 heavy (non-hydrogen) atoms. The van der Waals surface area contributed by atoms with Gasteiger partial charge in [0.1, 0.15) is 0 Å². The molecule has 3 nitrogen and oxygen atoms in total. The fraction of sp³-hybridized carbons (Fsp3) is 0.444. The molecule has 0 bridgehead atoms. The number of anilines is 1. The number of ether oxygens (including phenoxy) is 1. The topological polar surface area (TPSA) is 24.5 Å². The molecular weight excluding hydrogens is 260 g/mol. The highest BCUT2D eigenvalue weighted by Gasteiger charge is 2.43. The van der Waals surface area contributed by atoms with Gasteiger partial charge in [0.15, 0.2) is 0 Å². The lowest BCUT2D eigenvalue weighted by molar-refractivity contribution is 0.117. The third-order valence-corrected chi connectivity index (χ3v) is 5.39. The summed E-state index contributed by atoms with van der Waals surface area (Å²) in [5.74, 6) is 1.69. The summed E-state index contributed by atoms with van der Waals surface area (Å²) in [4.78, 5) is 2.58. The van der Waals surface area contributed by atoms with Crippen LogP contribution < -0.4 is 5.32 Å². The Balaban J connectivity index is 1.50. The zero-order valence-electron chi connectivity index (χ0n) is 12.0. The maximum absolute atomic E-state index is 5.45. The average Bonchev–Trinajstić information content (AvgIpc) is 2.87. The van der Waals surface area contributed by atoms with Crippen molar-refractivity contribution in [3.8, 4) is 0 Å². The van der Waals surface area contributed by atoms with Crippen molar-refractivity contribution >= 4 is 5.69 Å². The molecule has 4 aliphatic rings. The molecule has 1 aromatic rings. The largest absolute Gasteiger partial charge is 0.500 e. The molecule has 1 saturated heterocycles. The quantitative estimate of drug-likeness (QED) is 0.789. The Labute approximate surface area is 125 Å². The Morgan fingerprint density at radius 2 is 2.10 bits per heavy atom. The lowest BCUT2D eigenvalue weighted by Gasteiger charge is -2.37. The summed E-state index contributed by atoms with van der Waals surface area (Å²) in [7, 11) is 0. The number of nitrogens with zero attached hydrogens (tertiary/aromatic N) is 1. The van der Waals surface area contributed by atoms with Gasteiger partial charge in [-0.2, -0.15) is 0 Å². The Hall–Kier alpha value is -1.90. The van der Waals surface area contributed by atoms with Crippen molar-refractivity contribution in [2.24, 2.45) is 17.8 Å². The molecule has 5 rings (SSSR count). The van der Waals surface area contributed by atoms with Gasteiger partial charge in [-0.05, 0) is 18.1 Å². The van der Waals surface area contributed by atoms with Crippen molar-refractivity contribution in [1.29, 1.82) is 0 Å². The van der Waals surface area contributed by atoms with Crippen LogP contribution in [0.4, 0.5) is 5.69 Å². The van der Waals surface area contributed by atoms with Crippen molar-refractivity contribution in [3.63, 3.8) is 0 Å². The summed E-state index contributed by atoms with van der Waals surface area (Å²) in [6, 6.07) is 9.22. The number of fused-ring (bicyclic) bond motifs is 5. The van der Waals surface area contributed by atoms with E-state index in [1.165, 1.54) is 29.9 Å². The number of benzene rings is 1. The molecule has 1 fully saturated rings. The first-order valence-corrected chi connectivity index (χ1v) is 7.89. The van der Waals surface area contributed by atoms with Gasteiger partial charge in [0, 0.05) is 48.3 Å². The molecule has 4 aliphatic heterocycles. The molecule has 1 N–H and O–H groups in total. The predicted octanol–water partition coefficient (Wildman–Crippen LogP) is 2.43. The SMILES string of the molecule is [C]1=COCC2CN3CC4Cc5ccccc5NC4C3=CC12. The highest BCUT2D eigenvalue weighted by Crippen LogP contribution is 2.42. The summed E-state index contributed by atoms with van der Waals surface area (Å²) < 4.78 is 5.45. The van der Waals surface area contributed by atoms with Crippen LogP contribution in [0.3, 0.4) is 0 Å². The van der Waals surface area contributed by atoms with Crippen LogP contribution in [0.1, 0.15) is 5.56 Å². The standard InChI is InChI=1S/C18H19N2O/c1-2-4-16-13(3-1)7-14-9-20-10-15-11-21-6-5-12(15)8-17(20)18(14)19-16/h1-4,6,8,12,14-15,18-19H,7,9-11H2. The maximum atomic E-state index is 5.45. The minimum absolute atomic E-state index is 0.433. The van der Waals surface area contributed by atoms with Gasteiger partial charge >= 0.3 is 0 Å². The fourth-order valence-corrected chi connectivity index (χ4v) is 4.34. The molecule has 107 valence electrons. The van der Waals surface area contributed by atoms with E-state index in [4.69, 9.17) is 4.74 Å². The fourth-order valence-electron chi connectivity index (χ4n) is 4.34. The summed E-state index contributed by atoms with van der Waals surface area (Å²) in [5, 5.41) is 3.77. The molecule has 0 aromatic heterocycles. The zero-order valence-corrected chi connectivity index (χ0v) is 12.0. The number of allylic oxidation sites excluding steroid dienone is 2. The smallest absolute Gasteiger partial charge is 0.0927 e. The van der Waals surface area contributed by atoms with E-state index in [9.17, 15) is 0 Å². The summed E-state index contributed by atoms with van der Waals surface area (Å²) in [6.07, 6.45) is 8.74. The van der Waals surface area contributed by atoms with Crippen LogP contribution in [0.25, 0.3) is 0 Å². The van der Waals surface area contributed by atoms with Crippen LogP contribution in [0.5, 0.6) is 0 Å². The van der Waals surface area contributed by atoms with Gasteiger partial charge in [-0.3, -0.25) is 0 Å². The molecule has 0 amide bonds. The number of rotatable bonds is 0. The third kappa shape index (κ3) is 1.73. The Kier molecular flexibility index (Phi) is 2.40. The molecule has 4 heterocycles. The van der Waals surface area contributed by atoms with E-state index in [0.717, 1.165) is 13.2 Å². The second kappa shape index (κ2) is 4.30. The normalized spacial score (nSPS) is 35.6. The molecule has 0 aliphatic carbocycles. The van der Waals surface area contributed by atoms with Gasteiger partial charge < -0.3 is 15.0 Å². The lowest BCUT2D eigenvalue weighted by Crippen LogP contribution is -2.39. The third-order valence-electron chi connectivity index (χ3n) is 5.39. The first-order chi connectivity index (χ1) is 10.4. The van der Waals surface area contributed by atoms with Crippen molar-refractivity contribution in [1.82, 2.24) is 4.90 Å². The number of hydrogen-bond acceptors (Lipinski definition) is 3. The summed E-state index contributed by atoms with van der Waals surface area (Å²) in [6.45, 7) is 3.12. The van der Waals surface area contributed by atoms with E-state index in [1.807, 2.05) is 0 Å². The van der Waals surface area contributed by atoms with Crippen LogP contribution >= 0.6 is 0 Å². The average molecular weight is 279 g/mol. The molecule has 1 radical (unpaired) electrons. The second-order valence-corrected chi connectivity index (χ2v) is 6.64. The molecule has 3 heteroatoms. The molecular formula is C18H19N2O. The van der Waals surface area contributed by atoms with Crippen LogP contribution in [0.2, 0.25) is 0 Å². The van der Waals surface area contributed by atoms with Crippen LogP contribution in [-0.2, 0) is 11.2 Å². The van der Waals surface area contributed by atoms with E-state index in [1.54, 1.807) is 6.26 Å². The minimum atomic E-state index is 0.433. The number of para-hydroxylation sites is 1. The van der Waals surface area contributed by atoms with E-state index in [-0.39, 0.29) is 0 Å². The van der Waals surface area contributed by atoms with Crippen molar-refractivity contribution in [2.45, 2.75) is 12.5 Å². The van der Waals surface area contributed by atoms with E-state index < -0.39 is 0 Å². The number of nitrogens with one attached hydrogen (secondary N) is 1. The second-order valence-electron chi connectivity index (χ2n) is 6.64. The highest BCUT2D eigenvalue weighted by atomic mass is 16.5. The van der Waals surface area contributed by atoms with Crippen molar-refractivity contribution in [3.05, 3.63) is 53.9 Å². The van der Waals surface area contributed by atoms with Crippen molar-refractivity contribution in [2.75, 3.05) is 25.0 Å². The Morgan fingerprint density at radius 3 is 3.10 bits per heavy atom. The van der Waals surface area contributed by atoms with Gasteiger partial charge in [0.25, 0.3) is 0 Å². The van der Waals surface area contributed by atoms with Gasteiger partial charge in [-0.15, -0.1) is 0 Å². The zero-order chi connectivity index (χ0) is 13.8. The number of hydrogen-bond donors (Lipinski definition) is 1. The van der Waals surface area contributed by atoms with E-state index >= 15 is 0 Å². The van der Waals surface area contributed by atoms with Crippen LogP contribution in [0, 0.1) is 23.8 Å². The molecule has 0 spiro atoms. The van der Waals surface area contributed by atoms with Gasteiger partial charge in [-0.25, -0.2) is 0 Å². The van der Waals surface area contributed by atoms with E-state index in [0.29, 0.717) is 23.8 Å². The Morgan fingerprint density at radius 1 is 1.19 bits per heavy atom. The van der Waals surface area contributed by atoms with Crippen LogP contribution in [0.15, 0.2) is 42.3 Å². The highest BCUT2D eigenvalue weighted by molar-refractivity contribution is 5.56. The lowest BCUT2D eigenvalue weighted by atomic mass is 9.84. The van der Waals surface area contributed by atoms with E-state index in [2.05, 4.69) is 46.6 Å². The molecule has 0 saturated carbocycles. The minimum Gasteiger partial charge on any atom is -0.500 e. The first kappa shape index (κ1) is 11.7. The monoisotopic (exact) mass is 279 g/mol. The maximum Gasteiger partial charge on any atom is 0.0927 e. The first-order valence-electron chi connectivity index (χ1n) is 7.89. The molecule has 1 aromatic carbocycles. The van der Waals surface area contributed by atoms with Gasteiger partial charge in [0.2, 0.25) is 0 Å². The Bertz CT molecular complexity index is 636. The van der Waals surface area contributed by atoms with Crippen molar-refractivity contribution < 1.29 is 4.74 Å². The van der Waals surface area contributed by atoms with Gasteiger partial charge in [0.05, 0.1) is 18.9 Å². The molecule has 4 unspecified atom stereocenters. The summed E-state index contributed by atoms with van der Waals surface area (Å²) in [5.41, 5.74) is 4.26.